The number of carbonyl (C=O) groups excluding carboxylic acids is 1. The first-order valence-electron chi connectivity index (χ1n) is 8.75. The number of carboxylic acids is 1. The van der Waals surface area contributed by atoms with E-state index in [1.54, 1.807) is 32.9 Å². The molecule has 1 aromatic heterocycles. The number of aromatic nitrogens is 1. The number of halogens is 2. The van der Waals surface area contributed by atoms with Crippen LogP contribution in [0.5, 0.6) is 5.75 Å². The Morgan fingerprint density at radius 2 is 2.03 bits per heavy atom. The highest BCUT2D eigenvalue weighted by Crippen LogP contribution is 2.28. The van der Waals surface area contributed by atoms with E-state index in [1.807, 2.05) is 22.6 Å². The molecule has 0 aliphatic heterocycles. The van der Waals surface area contributed by atoms with E-state index in [0.29, 0.717) is 17.7 Å². The molecule has 1 N–H and O–H groups in total. The molecule has 0 aliphatic rings. The van der Waals surface area contributed by atoms with Crippen molar-refractivity contribution in [1.29, 1.82) is 0 Å². The Balaban J connectivity index is 2.02. The zero-order valence-corrected chi connectivity index (χ0v) is 19.5. The number of aryl methyl sites for hydroxylation is 1. The van der Waals surface area contributed by atoms with Gasteiger partial charge in [-0.25, -0.2) is 19.0 Å². The topological polar surface area (TPSA) is 89.0 Å². The smallest absolute Gasteiger partial charge is 0.416 e. The van der Waals surface area contributed by atoms with Gasteiger partial charge in [0.25, 0.3) is 0 Å². The SMILES string of the molecule is CN(C(=O)OC(C)(C)C)c1nc(C(=O)O)c(CCCOc2ccc(I)cc2F)s1. The lowest BCUT2D eigenvalue weighted by Gasteiger charge is -2.23. The quantitative estimate of drug-likeness (QED) is 0.397. The number of benzene rings is 1. The molecule has 0 spiro atoms. The van der Waals surface area contributed by atoms with Crippen LogP contribution in [0.1, 0.15) is 42.6 Å². The fraction of sp³-hybridized carbons (Fsp3) is 0.421. The zero-order chi connectivity index (χ0) is 21.8. The van der Waals surface area contributed by atoms with Crippen LogP contribution < -0.4 is 9.64 Å². The normalized spacial score (nSPS) is 11.2. The van der Waals surface area contributed by atoms with Gasteiger partial charge in [-0.3, -0.25) is 4.90 Å². The first-order valence-corrected chi connectivity index (χ1v) is 10.6. The van der Waals surface area contributed by atoms with Gasteiger partial charge < -0.3 is 14.6 Å². The predicted octanol–water partition coefficient (Wildman–Crippen LogP) is 4.97. The molecule has 0 atom stereocenters. The number of thiazole rings is 1. The van der Waals surface area contributed by atoms with Crippen molar-refractivity contribution in [2.45, 2.75) is 39.2 Å². The van der Waals surface area contributed by atoms with E-state index in [4.69, 9.17) is 9.47 Å². The third kappa shape index (κ3) is 6.81. The predicted molar refractivity (Wildman–Crippen MR) is 117 cm³/mol. The lowest BCUT2D eigenvalue weighted by atomic mass is 10.2. The number of ether oxygens (including phenoxy) is 2. The highest BCUT2D eigenvalue weighted by Gasteiger charge is 2.25. The number of carboxylic acid groups (broad SMARTS) is 1. The third-order valence-corrected chi connectivity index (χ3v) is 5.41. The third-order valence-electron chi connectivity index (χ3n) is 3.54. The first-order chi connectivity index (χ1) is 13.5. The second-order valence-corrected chi connectivity index (χ2v) is 9.45. The van der Waals surface area contributed by atoms with E-state index >= 15 is 0 Å². The van der Waals surface area contributed by atoms with Crippen molar-refractivity contribution in [3.8, 4) is 5.75 Å². The summed E-state index contributed by atoms with van der Waals surface area (Å²) in [5.74, 6) is -1.47. The summed E-state index contributed by atoms with van der Waals surface area (Å²) < 4.78 is 25.3. The van der Waals surface area contributed by atoms with Gasteiger partial charge in [0.2, 0.25) is 0 Å². The Kier molecular flexibility index (Phi) is 7.80. The molecular weight excluding hydrogens is 514 g/mol. The number of rotatable bonds is 7. The van der Waals surface area contributed by atoms with Crippen molar-refractivity contribution >= 4 is 51.1 Å². The van der Waals surface area contributed by atoms with Gasteiger partial charge in [-0.2, -0.15) is 0 Å². The molecule has 7 nitrogen and oxygen atoms in total. The van der Waals surface area contributed by atoms with Crippen LogP contribution in [-0.2, 0) is 11.2 Å². The van der Waals surface area contributed by atoms with Gasteiger partial charge in [-0.1, -0.05) is 0 Å². The molecule has 0 aliphatic carbocycles. The van der Waals surface area contributed by atoms with E-state index < -0.39 is 23.5 Å². The van der Waals surface area contributed by atoms with Crippen molar-refractivity contribution in [3.05, 3.63) is 38.2 Å². The Morgan fingerprint density at radius 1 is 1.34 bits per heavy atom. The minimum absolute atomic E-state index is 0.110. The average molecular weight is 536 g/mol. The highest BCUT2D eigenvalue weighted by molar-refractivity contribution is 14.1. The Labute approximate surface area is 186 Å². The second-order valence-electron chi connectivity index (χ2n) is 7.14. The monoisotopic (exact) mass is 536 g/mol. The molecule has 1 aromatic carbocycles. The number of anilines is 1. The fourth-order valence-electron chi connectivity index (χ4n) is 2.23. The molecule has 0 fully saturated rings. The number of hydrogen-bond donors (Lipinski definition) is 1. The van der Waals surface area contributed by atoms with Gasteiger partial charge in [-0.15, -0.1) is 11.3 Å². The molecule has 0 bridgehead atoms. The van der Waals surface area contributed by atoms with Crippen LogP contribution in [0.15, 0.2) is 18.2 Å². The molecular formula is C19H22FIN2O5S. The van der Waals surface area contributed by atoms with E-state index in [-0.39, 0.29) is 23.2 Å². The summed E-state index contributed by atoms with van der Waals surface area (Å²) in [7, 11) is 1.48. The summed E-state index contributed by atoms with van der Waals surface area (Å²) in [5, 5.41) is 9.64. The summed E-state index contributed by atoms with van der Waals surface area (Å²) in [6.45, 7) is 5.44. The van der Waals surface area contributed by atoms with Crippen LogP contribution in [0, 0.1) is 9.39 Å². The summed E-state index contributed by atoms with van der Waals surface area (Å²) in [5.41, 5.74) is -0.788. The van der Waals surface area contributed by atoms with Crippen LogP contribution in [0.4, 0.5) is 14.3 Å². The fourth-order valence-corrected chi connectivity index (χ4v) is 3.73. The summed E-state index contributed by atoms with van der Waals surface area (Å²) >= 11 is 3.11. The van der Waals surface area contributed by atoms with Crippen molar-refractivity contribution in [1.82, 2.24) is 4.98 Å². The molecule has 158 valence electrons. The van der Waals surface area contributed by atoms with E-state index in [1.165, 1.54) is 18.0 Å². The number of hydrogen-bond acceptors (Lipinski definition) is 6. The van der Waals surface area contributed by atoms with Gasteiger partial charge in [0.15, 0.2) is 22.4 Å². The van der Waals surface area contributed by atoms with Gasteiger partial charge in [0.1, 0.15) is 5.60 Å². The lowest BCUT2D eigenvalue weighted by Crippen LogP contribution is -2.34. The van der Waals surface area contributed by atoms with Crippen molar-refractivity contribution in [3.63, 3.8) is 0 Å². The van der Waals surface area contributed by atoms with Crippen LogP contribution in [0.3, 0.4) is 0 Å². The van der Waals surface area contributed by atoms with Gasteiger partial charge >= 0.3 is 12.1 Å². The molecule has 1 heterocycles. The summed E-state index contributed by atoms with van der Waals surface area (Å²) in [6, 6.07) is 4.67. The second kappa shape index (κ2) is 9.70. The maximum atomic E-state index is 13.8. The highest BCUT2D eigenvalue weighted by atomic mass is 127. The Bertz CT molecular complexity index is 897. The van der Waals surface area contributed by atoms with Gasteiger partial charge in [0.05, 0.1) is 6.61 Å². The van der Waals surface area contributed by atoms with Crippen molar-refractivity contribution in [2.75, 3.05) is 18.6 Å². The van der Waals surface area contributed by atoms with Crippen LogP contribution in [0.2, 0.25) is 0 Å². The molecule has 0 unspecified atom stereocenters. The van der Waals surface area contributed by atoms with E-state index in [9.17, 15) is 19.1 Å². The Hall–Kier alpha value is -1.95. The number of nitrogens with zero attached hydrogens (tertiary/aromatic N) is 2. The van der Waals surface area contributed by atoms with E-state index in [2.05, 4.69) is 4.98 Å². The zero-order valence-electron chi connectivity index (χ0n) is 16.5. The van der Waals surface area contributed by atoms with Crippen LogP contribution in [0.25, 0.3) is 0 Å². The largest absolute Gasteiger partial charge is 0.491 e. The summed E-state index contributed by atoms with van der Waals surface area (Å²) in [6.07, 6.45) is 0.212. The maximum absolute atomic E-state index is 13.8. The first kappa shape index (κ1) is 23.3. The van der Waals surface area contributed by atoms with Gasteiger partial charge in [0, 0.05) is 15.5 Å². The van der Waals surface area contributed by atoms with Crippen LogP contribution >= 0.6 is 33.9 Å². The average Bonchev–Trinajstić information content (AvgIpc) is 3.02. The van der Waals surface area contributed by atoms with Crippen LogP contribution in [-0.4, -0.2) is 41.4 Å². The van der Waals surface area contributed by atoms with E-state index in [0.717, 1.165) is 14.9 Å². The number of carbonyl (C=O) groups is 2. The molecule has 0 radical (unpaired) electrons. The molecule has 1 amide bonds. The number of amides is 1. The minimum Gasteiger partial charge on any atom is -0.491 e. The van der Waals surface area contributed by atoms with Crippen molar-refractivity contribution in [2.24, 2.45) is 0 Å². The Morgan fingerprint density at radius 3 is 2.62 bits per heavy atom. The van der Waals surface area contributed by atoms with Gasteiger partial charge in [-0.05, 0) is 74.4 Å². The summed E-state index contributed by atoms with van der Waals surface area (Å²) in [4.78, 5) is 29.5. The minimum atomic E-state index is -1.18. The molecule has 0 saturated heterocycles. The molecule has 0 saturated carbocycles. The standard InChI is InChI=1S/C19H22FIN2O5S/c1-19(2,3)28-18(26)23(4)17-22-15(16(24)25)14(29-17)6-5-9-27-13-8-7-11(21)10-12(13)20/h7-8,10H,5-6,9H2,1-4H3,(H,24,25). The maximum Gasteiger partial charge on any atom is 0.416 e. The number of aromatic carboxylic acids is 1. The molecule has 29 heavy (non-hydrogen) atoms. The van der Waals surface area contributed by atoms with Crippen molar-refractivity contribution < 1.29 is 28.6 Å². The lowest BCUT2D eigenvalue weighted by molar-refractivity contribution is 0.0586. The molecule has 2 rings (SSSR count). The molecule has 10 heteroatoms. The molecule has 2 aromatic rings.